The van der Waals surface area contributed by atoms with Crippen molar-refractivity contribution in [2.75, 3.05) is 26.8 Å². The summed E-state index contributed by atoms with van der Waals surface area (Å²) in [5.74, 6) is 2.11. The lowest BCUT2D eigenvalue weighted by atomic mass is 9.55. The molecule has 8 heteroatoms. The fraction of sp³-hybridized carbons (Fsp3) is 0.750. The van der Waals surface area contributed by atoms with Crippen molar-refractivity contribution in [2.45, 2.75) is 102 Å². The zero-order valence-corrected chi connectivity index (χ0v) is 24.3. The molecule has 0 saturated heterocycles. The van der Waals surface area contributed by atoms with Gasteiger partial charge in [-0.05, 0) is 111 Å². The Balaban J connectivity index is 1.00. The number of phenols is 1. The molecule has 0 aromatic heterocycles. The Bertz CT molecular complexity index is 1050. The molecule has 1 aromatic carbocycles. The predicted octanol–water partition coefficient (Wildman–Crippen LogP) is 3.79. The van der Waals surface area contributed by atoms with Gasteiger partial charge in [0.05, 0.1) is 24.7 Å². The Labute approximate surface area is 239 Å². The SMILES string of the molecule is COC1CCC(N)CC1C(=O)NCCCNC(=O)CCOC1CCC2C3CCc4cc(O)ccc4C3CCC12C. The van der Waals surface area contributed by atoms with E-state index >= 15 is 0 Å². The van der Waals surface area contributed by atoms with Crippen molar-refractivity contribution < 1.29 is 24.2 Å². The molecule has 8 atom stereocenters. The molecular weight excluding hydrogens is 506 g/mol. The molecular formula is C32H49N3O5. The average molecular weight is 556 g/mol. The molecule has 0 bridgehead atoms. The largest absolute Gasteiger partial charge is 0.508 e. The van der Waals surface area contributed by atoms with E-state index in [-0.39, 0.29) is 41.4 Å². The Morgan fingerprint density at radius 2 is 1.93 bits per heavy atom. The van der Waals surface area contributed by atoms with Gasteiger partial charge < -0.3 is 30.9 Å². The zero-order valence-electron chi connectivity index (χ0n) is 24.3. The predicted molar refractivity (Wildman–Crippen MR) is 154 cm³/mol. The number of hydrogen-bond acceptors (Lipinski definition) is 6. The monoisotopic (exact) mass is 555 g/mol. The van der Waals surface area contributed by atoms with E-state index in [0.29, 0.717) is 62.5 Å². The fourth-order valence-electron chi connectivity index (χ4n) is 8.57. The van der Waals surface area contributed by atoms with Crippen molar-refractivity contribution >= 4 is 11.8 Å². The summed E-state index contributed by atoms with van der Waals surface area (Å²) in [5.41, 5.74) is 9.01. The lowest BCUT2D eigenvalue weighted by molar-refractivity contribution is -0.131. The van der Waals surface area contributed by atoms with Gasteiger partial charge in [0.2, 0.25) is 11.8 Å². The number of ether oxygens (including phenoxy) is 2. The van der Waals surface area contributed by atoms with Gasteiger partial charge in [-0.25, -0.2) is 0 Å². The smallest absolute Gasteiger partial charge is 0.225 e. The summed E-state index contributed by atoms with van der Waals surface area (Å²) in [4.78, 5) is 25.0. The van der Waals surface area contributed by atoms with Gasteiger partial charge in [-0.1, -0.05) is 13.0 Å². The average Bonchev–Trinajstić information content (AvgIpc) is 3.28. The molecule has 3 fully saturated rings. The van der Waals surface area contributed by atoms with E-state index in [2.05, 4.69) is 23.6 Å². The van der Waals surface area contributed by atoms with E-state index in [1.54, 1.807) is 7.11 Å². The van der Waals surface area contributed by atoms with Crippen LogP contribution < -0.4 is 16.4 Å². The molecule has 0 aliphatic heterocycles. The van der Waals surface area contributed by atoms with E-state index in [4.69, 9.17) is 15.2 Å². The standard InChI is InChI=1S/C32H49N3O5/c1-32-14-12-24-23-8-6-22(36)18-20(23)4-7-25(24)27(32)9-11-29(32)40-17-13-30(37)34-15-3-16-35-31(38)26-19-21(33)5-10-28(26)39-2/h6,8,18,21,24-29,36H,3-5,7,9-17,19,33H2,1-2H3,(H,34,37)(H,35,38). The number of rotatable bonds is 10. The lowest BCUT2D eigenvalue weighted by Gasteiger charge is -2.50. The highest BCUT2D eigenvalue weighted by molar-refractivity contribution is 5.79. The molecule has 2 amide bonds. The summed E-state index contributed by atoms with van der Waals surface area (Å²) in [5, 5.41) is 15.9. The van der Waals surface area contributed by atoms with Gasteiger partial charge in [0.25, 0.3) is 0 Å². The Kier molecular flexibility index (Phi) is 9.38. The maximum absolute atomic E-state index is 12.6. The number of aryl methyl sites for hydroxylation is 1. The van der Waals surface area contributed by atoms with Crippen molar-refractivity contribution in [1.82, 2.24) is 10.6 Å². The van der Waals surface area contributed by atoms with Crippen LogP contribution in [0.2, 0.25) is 0 Å². The molecule has 1 aromatic rings. The minimum Gasteiger partial charge on any atom is -0.508 e. The normalized spacial score (nSPS) is 34.8. The topological polar surface area (TPSA) is 123 Å². The third-order valence-electron chi connectivity index (χ3n) is 10.7. The number of hydrogen-bond donors (Lipinski definition) is 4. The van der Waals surface area contributed by atoms with Crippen molar-refractivity contribution in [2.24, 2.45) is 28.9 Å². The highest BCUT2D eigenvalue weighted by Crippen LogP contribution is 2.61. The number of nitrogens with two attached hydrogens (primary N) is 1. The van der Waals surface area contributed by atoms with Gasteiger partial charge in [0.1, 0.15) is 5.75 Å². The highest BCUT2D eigenvalue weighted by Gasteiger charge is 2.55. The van der Waals surface area contributed by atoms with Crippen LogP contribution in [0.5, 0.6) is 5.75 Å². The Morgan fingerprint density at radius 3 is 2.75 bits per heavy atom. The number of fused-ring (bicyclic) bond motifs is 5. The van der Waals surface area contributed by atoms with Crippen LogP contribution in [0.15, 0.2) is 18.2 Å². The summed E-state index contributed by atoms with van der Waals surface area (Å²) in [6, 6.07) is 6.02. The van der Waals surface area contributed by atoms with E-state index in [0.717, 1.165) is 32.1 Å². The number of carbonyl (C=O) groups excluding carboxylic acids is 2. The third-order valence-corrected chi connectivity index (χ3v) is 10.7. The third kappa shape index (κ3) is 6.19. The second-order valence-corrected chi connectivity index (χ2v) is 13.0. The minimum absolute atomic E-state index is 0.000393. The Hall–Kier alpha value is -2.16. The second-order valence-electron chi connectivity index (χ2n) is 13.0. The molecule has 222 valence electrons. The quantitative estimate of drug-likeness (QED) is 0.326. The number of benzene rings is 1. The first-order valence-corrected chi connectivity index (χ1v) is 15.6. The van der Waals surface area contributed by atoms with Gasteiger partial charge in [-0.15, -0.1) is 0 Å². The van der Waals surface area contributed by atoms with Crippen molar-refractivity contribution in [1.29, 1.82) is 0 Å². The molecule has 5 N–H and O–H groups in total. The maximum Gasteiger partial charge on any atom is 0.225 e. The van der Waals surface area contributed by atoms with Crippen LogP contribution >= 0.6 is 0 Å². The maximum atomic E-state index is 12.6. The van der Waals surface area contributed by atoms with Crippen LogP contribution in [0, 0.1) is 23.2 Å². The molecule has 8 unspecified atom stereocenters. The van der Waals surface area contributed by atoms with Gasteiger partial charge in [0.15, 0.2) is 0 Å². The first-order chi connectivity index (χ1) is 19.3. The van der Waals surface area contributed by atoms with E-state index in [9.17, 15) is 14.7 Å². The van der Waals surface area contributed by atoms with Gasteiger partial charge in [-0.2, -0.15) is 0 Å². The number of phenolic OH excluding ortho intramolecular Hbond substituents is 1. The molecule has 4 aliphatic carbocycles. The first kappa shape index (κ1) is 29.3. The van der Waals surface area contributed by atoms with E-state index < -0.39 is 0 Å². The van der Waals surface area contributed by atoms with Crippen LogP contribution in [0.1, 0.15) is 88.2 Å². The summed E-state index contributed by atoms with van der Waals surface area (Å²) in [6.45, 7) is 3.92. The number of amides is 2. The molecule has 0 heterocycles. The number of nitrogens with one attached hydrogen (secondary N) is 2. The van der Waals surface area contributed by atoms with Crippen LogP contribution in [-0.4, -0.2) is 62.0 Å². The second kappa shape index (κ2) is 12.8. The van der Waals surface area contributed by atoms with Crippen molar-refractivity contribution in [3.63, 3.8) is 0 Å². The zero-order chi connectivity index (χ0) is 28.3. The van der Waals surface area contributed by atoms with Crippen molar-refractivity contribution in [3.05, 3.63) is 29.3 Å². The first-order valence-electron chi connectivity index (χ1n) is 15.6. The van der Waals surface area contributed by atoms with Gasteiger partial charge >= 0.3 is 0 Å². The number of methoxy groups -OCH3 is 1. The Morgan fingerprint density at radius 1 is 1.10 bits per heavy atom. The molecule has 3 saturated carbocycles. The summed E-state index contributed by atoms with van der Waals surface area (Å²) >= 11 is 0. The lowest BCUT2D eigenvalue weighted by Crippen LogP contribution is -2.46. The summed E-state index contributed by atoms with van der Waals surface area (Å²) in [7, 11) is 1.65. The molecule has 5 rings (SSSR count). The van der Waals surface area contributed by atoms with Crippen LogP contribution in [0.25, 0.3) is 0 Å². The van der Waals surface area contributed by atoms with Crippen LogP contribution in [0.4, 0.5) is 0 Å². The highest BCUT2D eigenvalue weighted by atomic mass is 16.5. The molecule has 40 heavy (non-hydrogen) atoms. The molecule has 8 nitrogen and oxygen atoms in total. The molecule has 4 aliphatic rings. The van der Waals surface area contributed by atoms with Gasteiger partial charge in [-0.3, -0.25) is 9.59 Å². The summed E-state index contributed by atoms with van der Waals surface area (Å²) < 4.78 is 11.9. The minimum atomic E-state index is -0.198. The van der Waals surface area contributed by atoms with E-state index in [1.165, 1.54) is 30.4 Å². The molecule has 0 spiro atoms. The fourth-order valence-corrected chi connectivity index (χ4v) is 8.57. The van der Waals surface area contributed by atoms with Crippen molar-refractivity contribution in [3.8, 4) is 5.75 Å². The van der Waals surface area contributed by atoms with Gasteiger partial charge in [0, 0.05) is 32.7 Å². The van der Waals surface area contributed by atoms with E-state index in [1.807, 2.05) is 12.1 Å². The number of carbonyl (C=O) groups is 2. The van der Waals surface area contributed by atoms with Crippen LogP contribution in [-0.2, 0) is 25.5 Å². The number of aromatic hydroxyl groups is 1. The van der Waals surface area contributed by atoms with Crippen LogP contribution in [0.3, 0.4) is 0 Å². The summed E-state index contributed by atoms with van der Waals surface area (Å²) in [6.07, 6.45) is 10.4. The molecule has 0 radical (unpaired) electrons.